The Hall–Kier alpha value is -2.98. The third-order valence-electron chi connectivity index (χ3n) is 9.82. The molecule has 1 spiro atoms. The molecule has 7 nitrogen and oxygen atoms in total. The number of fused-ring (bicyclic) bond motifs is 1. The number of rotatable bonds is 7. The number of benzene rings is 2. The summed E-state index contributed by atoms with van der Waals surface area (Å²) in [5, 5.41) is 0.480. The zero-order valence-electron chi connectivity index (χ0n) is 26.2. The van der Waals surface area contributed by atoms with Crippen molar-refractivity contribution in [3.63, 3.8) is 0 Å². The zero-order valence-corrected chi connectivity index (χ0v) is 27.8. The Bertz CT molecular complexity index is 1740. The molecule has 3 aliphatic rings. The van der Waals surface area contributed by atoms with Gasteiger partial charge in [0.25, 0.3) is 0 Å². The van der Waals surface area contributed by atoms with Crippen LogP contribution in [0.1, 0.15) is 49.0 Å². The van der Waals surface area contributed by atoms with Crippen LogP contribution in [0.15, 0.2) is 41.3 Å². The van der Waals surface area contributed by atoms with Crippen LogP contribution in [0.4, 0.5) is 24.5 Å². The summed E-state index contributed by atoms with van der Waals surface area (Å²) in [4.78, 5) is 5.26. The van der Waals surface area contributed by atoms with Gasteiger partial charge in [-0.05, 0) is 67.7 Å². The third-order valence-corrected chi connectivity index (χ3v) is 12.1. The van der Waals surface area contributed by atoms with Crippen LogP contribution < -0.4 is 15.4 Å². The molecule has 1 aliphatic carbocycles. The van der Waals surface area contributed by atoms with E-state index in [4.69, 9.17) is 15.2 Å². The lowest BCUT2D eigenvalue weighted by molar-refractivity contribution is -0.126. The van der Waals surface area contributed by atoms with Crippen LogP contribution in [0.25, 0.3) is 10.1 Å². The highest BCUT2D eigenvalue weighted by atomic mass is 32.2. The molecule has 3 heterocycles. The molecule has 0 unspecified atom stereocenters. The molecule has 0 atom stereocenters. The predicted octanol–water partition coefficient (Wildman–Crippen LogP) is 6.28. The fourth-order valence-electron chi connectivity index (χ4n) is 7.34. The number of sulfone groups is 1. The lowest BCUT2D eigenvalue weighted by Crippen LogP contribution is -2.62. The monoisotopic (exact) mass is 675 g/mol. The van der Waals surface area contributed by atoms with Crippen molar-refractivity contribution in [2.75, 3.05) is 56.8 Å². The minimum absolute atomic E-state index is 0.106. The van der Waals surface area contributed by atoms with E-state index < -0.39 is 22.4 Å². The molecule has 0 amide bonds. The molecule has 2 saturated heterocycles. The van der Waals surface area contributed by atoms with Gasteiger partial charge in [-0.3, -0.25) is 4.90 Å². The van der Waals surface area contributed by atoms with E-state index >= 15 is 0 Å². The summed E-state index contributed by atoms with van der Waals surface area (Å²) in [6, 6.07) is 10.5. The van der Waals surface area contributed by atoms with Crippen molar-refractivity contribution in [3.05, 3.63) is 46.8 Å². The Morgan fingerprint density at radius 2 is 1.85 bits per heavy atom. The van der Waals surface area contributed by atoms with Gasteiger partial charge in [0, 0.05) is 61.8 Å². The molecule has 3 aromatic rings. The lowest BCUT2D eigenvalue weighted by atomic mass is 9.71. The smallest absolute Gasteiger partial charge is 0.393 e. The maximum Gasteiger partial charge on any atom is 0.393 e. The van der Waals surface area contributed by atoms with Crippen LogP contribution in [0.2, 0.25) is 0 Å². The number of likely N-dealkylation sites (tertiary alicyclic amines) is 1. The average Bonchev–Trinajstić information content (AvgIpc) is 3.34. The van der Waals surface area contributed by atoms with Crippen LogP contribution in [0, 0.1) is 17.3 Å². The Morgan fingerprint density at radius 3 is 2.50 bits per heavy atom. The maximum absolute atomic E-state index is 13.6. The summed E-state index contributed by atoms with van der Waals surface area (Å²) in [5.41, 5.74) is 7.82. The standard InChI is InChI=1S/C34H40F3N3O4S2/c1-43-30-19-25(46(2,41)42)12-13-29(30)40(24-10-8-23(9-11-24)39-21-33(22-39)14-17-44-18-15-33)16-4-7-31-27(20-34(35,36)37)26-5-3-6-28(38)32(26)45-31/h3,5-6,12-13,19,23-24H,8-11,14-18,20-22,38H2,1-2H3. The summed E-state index contributed by atoms with van der Waals surface area (Å²) >= 11 is 1.19. The minimum Gasteiger partial charge on any atom is -0.495 e. The molecule has 3 fully saturated rings. The summed E-state index contributed by atoms with van der Waals surface area (Å²) in [5.74, 6) is 6.66. The highest BCUT2D eigenvalue weighted by Crippen LogP contribution is 2.44. The number of methoxy groups -OCH3 is 1. The van der Waals surface area contributed by atoms with Crippen LogP contribution in [0.5, 0.6) is 5.75 Å². The van der Waals surface area contributed by atoms with E-state index in [-0.39, 0.29) is 23.0 Å². The molecule has 2 aliphatic heterocycles. The van der Waals surface area contributed by atoms with Crippen molar-refractivity contribution >= 4 is 42.6 Å². The predicted molar refractivity (Wildman–Crippen MR) is 176 cm³/mol. The lowest BCUT2D eigenvalue weighted by Gasteiger charge is -2.56. The van der Waals surface area contributed by atoms with Gasteiger partial charge in [-0.2, -0.15) is 13.2 Å². The number of nitrogen functional groups attached to an aromatic ring is 1. The van der Waals surface area contributed by atoms with E-state index in [1.165, 1.54) is 24.5 Å². The Morgan fingerprint density at radius 1 is 1.13 bits per heavy atom. The van der Waals surface area contributed by atoms with Gasteiger partial charge < -0.3 is 20.1 Å². The van der Waals surface area contributed by atoms with Gasteiger partial charge in [-0.1, -0.05) is 24.0 Å². The molecule has 1 aromatic heterocycles. The van der Waals surface area contributed by atoms with Crippen LogP contribution >= 0.6 is 11.3 Å². The topological polar surface area (TPSA) is 85.1 Å². The van der Waals surface area contributed by atoms with E-state index in [1.54, 1.807) is 30.3 Å². The Kier molecular flexibility index (Phi) is 9.24. The molecule has 46 heavy (non-hydrogen) atoms. The van der Waals surface area contributed by atoms with E-state index in [2.05, 4.69) is 21.6 Å². The van der Waals surface area contributed by atoms with Gasteiger partial charge in [-0.15, -0.1) is 11.3 Å². The first-order valence-electron chi connectivity index (χ1n) is 15.7. The van der Waals surface area contributed by atoms with E-state index in [0.717, 1.165) is 71.1 Å². The molecular formula is C34H40F3N3O4S2. The van der Waals surface area contributed by atoms with Gasteiger partial charge in [-0.25, -0.2) is 8.42 Å². The van der Waals surface area contributed by atoms with Crippen LogP contribution in [0.3, 0.4) is 0 Å². The van der Waals surface area contributed by atoms with Crippen LogP contribution in [-0.4, -0.2) is 77.8 Å². The summed E-state index contributed by atoms with van der Waals surface area (Å²) in [7, 11) is -1.95. The second kappa shape index (κ2) is 12.9. The second-order valence-corrected chi connectivity index (χ2v) is 16.0. The number of nitrogens with zero attached hydrogens (tertiary/aromatic N) is 2. The maximum atomic E-state index is 13.6. The Labute approximate surface area is 272 Å². The van der Waals surface area contributed by atoms with Crippen molar-refractivity contribution in [3.8, 4) is 17.6 Å². The number of alkyl halides is 3. The average molecular weight is 676 g/mol. The molecule has 2 N–H and O–H groups in total. The van der Waals surface area contributed by atoms with Crippen molar-refractivity contribution in [2.24, 2.45) is 5.41 Å². The number of halogens is 3. The molecule has 2 aromatic carbocycles. The molecular weight excluding hydrogens is 636 g/mol. The molecule has 0 radical (unpaired) electrons. The molecule has 248 valence electrons. The molecule has 1 saturated carbocycles. The number of thiophene rings is 1. The van der Waals surface area contributed by atoms with E-state index in [0.29, 0.717) is 43.5 Å². The first-order chi connectivity index (χ1) is 21.9. The molecule has 12 heteroatoms. The van der Waals surface area contributed by atoms with E-state index in [1.807, 2.05) is 0 Å². The highest BCUT2D eigenvalue weighted by Gasteiger charge is 2.46. The number of hydrogen-bond donors (Lipinski definition) is 1. The van der Waals surface area contributed by atoms with Crippen molar-refractivity contribution < 1.29 is 31.1 Å². The summed E-state index contributed by atoms with van der Waals surface area (Å²) < 4.78 is 77.3. The van der Waals surface area contributed by atoms with Gasteiger partial charge in [0.1, 0.15) is 5.75 Å². The first kappa shape index (κ1) is 32.9. The minimum atomic E-state index is -4.39. The largest absolute Gasteiger partial charge is 0.495 e. The van der Waals surface area contributed by atoms with Crippen molar-refractivity contribution in [2.45, 2.75) is 68.1 Å². The van der Waals surface area contributed by atoms with E-state index in [9.17, 15) is 21.6 Å². The number of ether oxygens (including phenoxy) is 2. The van der Waals surface area contributed by atoms with Crippen LogP contribution in [-0.2, 0) is 21.0 Å². The Balaban J connectivity index is 1.27. The normalized spacial score (nSPS) is 21.8. The fourth-order valence-corrected chi connectivity index (χ4v) is 9.10. The number of anilines is 2. The summed E-state index contributed by atoms with van der Waals surface area (Å²) in [6.45, 7) is 4.20. The fraction of sp³-hybridized carbons (Fsp3) is 0.529. The summed E-state index contributed by atoms with van der Waals surface area (Å²) in [6.07, 6.45) is 1.81. The number of hydrogen-bond acceptors (Lipinski definition) is 8. The zero-order chi connectivity index (χ0) is 32.7. The SMILES string of the molecule is COc1cc(S(C)(=O)=O)ccc1N(CC#Cc1sc2c(N)cccc2c1CC(F)(F)F)C1CCC(N2CC3(CCOCC3)C2)CC1. The third kappa shape index (κ3) is 6.98. The molecule has 6 rings (SSSR count). The van der Waals surface area contributed by atoms with Gasteiger partial charge in [0.15, 0.2) is 9.84 Å². The second-order valence-electron chi connectivity index (χ2n) is 12.9. The van der Waals surface area contributed by atoms with Gasteiger partial charge >= 0.3 is 6.18 Å². The number of nitrogens with two attached hydrogens (primary N) is 1. The van der Waals surface area contributed by atoms with Crippen molar-refractivity contribution in [1.29, 1.82) is 0 Å². The van der Waals surface area contributed by atoms with Gasteiger partial charge in [0.05, 0.1) is 40.2 Å². The van der Waals surface area contributed by atoms with Gasteiger partial charge in [0.2, 0.25) is 0 Å². The van der Waals surface area contributed by atoms with Crippen molar-refractivity contribution in [1.82, 2.24) is 4.90 Å². The molecule has 0 bridgehead atoms. The highest BCUT2D eigenvalue weighted by molar-refractivity contribution is 7.90. The quantitative estimate of drug-likeness (QED) is 0.233. The first-order valence-corrected chi connectivity index (χ1v) is 18.4.